The molecule has 1 heterocycles. The summed E-state index contributed by atoms with van der Waals surface area (Å²) in [6.45, 7) is 5.75. The first-order valence-corrected chi connectivity index (χ1v) is 7.07. The molecule has 0 radical (unpaired) electrons. The molecular formula is C15H20ClNO2. The molecule has 19 heavy (non-hydrogen) atoms. The van der Waals surface area contributed by atoms with Gasteiger partial charge in [-0.15, -0.1) is 0 Å². The predicted octanol–water partition coefficient (Wildman–Crippen LogP) is 3.39. The molecule has 0 bridgehead atoms. The maximum atomic E-state index is 5.96. The zero-order chi connectivity index (χ0) is 13.7. The summed E-state index contributed by atoms with van der Waals surface area (Å²) in [7, 11) is 0. The molecule has 3 nitrogen and oxygen atoms in total. The normalized spacial score (nSPS) is 17.5. The number of hydrogen-bond acceptors (Lipinski definition) is 3. The summed E-state index contributed by atoms with van der Waals surface area (Å²) in [5, 5.41) is 4.09. The van der Waals surface area contributed by atoms with E-state index in [2.05, 4.69) is 18.3 Å². The lowest BCUT2D eigenvalue weighted by Gasteiger charge is -2.26. The van der Waals surface area contributed by atoms with Crippen LogP contribution in [-0.2, 0) is 4.74 Å². The second-order valence-electron chi connectivity index (χ2n) is 4.56. The highest BCUT2D eigenvalue weighted by molar-refractivity contribution is 6.30. The van der Waals surface area contributed by atoms with Crippen LogP contribution in [0.2, 0.25) is 5.02 Å². The van der Waals surface area contributed by atoms with Gasteiger partial charge in [0.15, 0.2) is 0 Å². The van der Waals surface area contributed by atoms with Crippen molar-refractivity contribution in [2.24, 2.45) is 0 Å². The van der Waals surface area contributed by atoms with Gasteiger partial charge < -0.3 is 14.8 Å². The minimum Gasteiger partial charge on any atom is -0.496 e. The molecule has 2 atom stereocenters. The lowest BCUT2D eigenvalue weighted by atomic mass is 10.1. The maximum Gasteiger partial charge on any atom is 0.121 e. The number of hydrogen-bond donors (Lipinski definition) is 1. The molecule has 1 aromatic carbocycles. The van der Waals surface area contributed by atoms with Gasteiger partial charge in [0, 0.05) is 11.4 Å². The highest BCUT2D eigenvalue weighted by atomic mass is 35.5. The number of rotatable bonds is 6. The lowest BCUT2D eigenvalue weighted by molar-refractivity contribution is 0.135. The average Bonchev–Trinajstić information content (AvgIpc) is 2.89. The Morgan fingerprint density at radius 2 is 2.32 bits per heavy atom. The van der Waals surface area contributed by atoms with Crippen LogP contribution in [0.3, 0.4) is 0 Å². The van der Waals surface area contributed by atoms with Crippen molar-refractivity contribution in [3.05, 3.63) is 41.1 Å². The van der Waals surface area contributed by atoms with Crippen LogP contribution in [0.1, 0.15) is 20.3 Å². The molecule has 0 saturated heterocycles. The van der Waals surface area contributed by atoms with Gasteiger partial charge in [-0.3, -0.25) is 0 Å². The maximum absolute atomic E-state index is 5.96. The summed E-state index contributed by atoms with van der Waals surface area (Å²) in [5.74, 6) is 1.76. The van der Waals surface area contributed by atoms with E-state index >= 15 is 0 Å². The van der Waals surface area contributed by atoms with Crippen LogP contribution in [0.15, 0.2) is 36.1 Å². The van der Waals surface area contributed by atoms with Crippen molar-refractivity contribution in [3.63, 3.8) is 0 Å². The second-order valence-corrected chi connectivity index (χ2v) is 5.00. The molecule has 2 unspecified atom stereocenters. The lowest BCUT2D eigenvalue weighted by Crippen LogP contribution is -2.43. The van der Waals surface area contributed by atoms with Crippen LogP contribution in [0.5, 0.6) is 5.75 Å². The fourth-order valence-electron chi connectivity index (χ4n) is 2.19. The number of halogens is 1. The van der Waals surface area contributed by atoms with Crippen LogP contribution < -0.4 is 10.1 Å². The SMILES string of the molecule is CCNC(C1=CCCO1)C(C)Oc1cccc(Cl)c1. The third kappa shape index (κ3) is 3.88. The zero-order valence-electron chi connectivity index (χ0n) is 11.4. The van der Waals surface area contributed by atoms with Gasteiger partial charge in [-0.05, 0) is 37.7 Å². The molecule has 0 fully saturated rings. The fourth-order valence-corrected chi connectivity index (χ4v) is 2.37. The first-order chi connectivity index (χ1) is 9.20. The Morgan fingerprint density at radius 1 is 1.47 bits per heavy atom. The molecule has 104 valence electrons. The standard InChI is InChI=1S/C15H20ClNO2/c1-3-17-15(14-8-5-9-18-14)11(2)19-13-7-4-6-12(16)10-13/h4,6-8,10-11,15,17H,3,5,9H2,1-2H3. The van der Waals surface area contributed by atoms with Crippen LogP contribution in [-0.4, -0.2) is 25.3 Å². The van der Waals surface area contributed by atoms with E-state index in [9.17, 15) is 0 Å². The van der Waals surface area contributed by atoms with Gasteiger partial charge >= 0.3 is 0 Å². The quantitative estimate of drug-likeness (QED) is 0.867. The Morgan fingerprint density at radius 3 is 2.95 bits per heavy atom. The molecule has 0 aromatic heterocycles. The Hall–Kier alpha value is -1.19. The number of ether oxygens (including phenoxy) is 2. The van der Waals surface area contributed by atoms with Crippen LogP contribution >= 0.6 is 11.6 Å². The van der Waals surface area contributed by atoms with Crippen molar-refractivity contribution in [3.8, 4) is 5.75 Å². The predicted molar refractivity (Wildman–Crippen MR) is 77.7 cm³/mol. The first kappa shape index (κ1) is 14.2. The largest absolute Gasteiger partial charge is 0.496 e. The van der Waals surface area contributed by atoms with Crippen LogP contribution in [0, 0.1) is 0 Å². The summed E-state index contributed by atoms with van der Waals surface area (Å²) in [6.07, 6.45) is 3.08. The van der Waals surface area contributed by atoms with Gasteiger partial charge in [-0.1, -0.05) is 24.6 Å². The Bertz CT molecular complexity index is 448. The number of benzene rings is 1. The van der Waals surface area contributed by atoms with E-state index in [-0.39, 0.29) is 12.1 Å². The van der Waals surface area contributed by atoms with Crippen LogP contribution in [0.4, 0.5) is 0 Å². The summed E-state index contributed by atoms with van der Waals surface area (Å²) >= 11 is 5.96. The molecule has 0 spiro atoms. The highest BCUT2D eigenvalue weighted by Crippen LogP contribution is 2.22. The molecule has 0 amide bonds. The van der Waals surface area contributed by atoms with E-state index in [4.69, 9.17) is 21.1 Å². The van der Waals surface area contributed by atoms with E-state index in [0.717, 1.165) is 31.1 Å². The molecule has 1 aromatic rings. The van der Waals surface area contributed by atoms with E-state index in [1.165, 1.54) is 0 Å². The Labute approximate surface area is 119 Å². The molecule has 1 aliphatic heterocycles. The smallest absolute Gasteiger partial charge is 0.121 e. The van der Waals surface area contributed by atoms with Gasteiger partial charge in [-0.25, -0.2) is 0 Å². The van der Waals surface area contributed by atoms with Gasteiger partial charge in [0.1, 0.15) is 23.7 Å². The molecule has 4 heteroatoms. The van der Waals surface area contributed by atoms with Crippen molar-refractivity contribution < 1.29 is 9.47 Å². The van der Waals surface area contributed by atoms with Gasteiger partial charge in [0.25, 0.3) is 0 Å². The summed E-state index contributed by atoms with van der Waals surface area (Å²) < 4.78 is 11.6. The summed E-state index contributed by atoms with van der Waals surface area (Å²) in [4.78, 5) is 0. The average molecular weight is 282 g/mol. The minimum absolute atomic E-state index is 0.0252. The zero-order valence-corrected chi connectivity index (χ0v) is 12.1. The van der Waals surface area contributed by atoms with Crippen molar-refractivity contribution >= 4 is 11.6 Å². The van der Waals surface area contributed by atoms with E-state index < -0.39 is 0 Å². The van der Waals surface area contributed by atoms with Gasteiger partial charge in [0.05, 0.1) is 6.61 Å². The molecule has 2 rings (SSSR count). The minimum atomic E-state index is -0.0252. The van der Waals surface area contributed by atoms with Crippen molar-refractivity contribution in [2.75, 3.05) is 13.2 Å². The van der Waals surface area contributed by atoms with Crippen LogP contribution in [0.25, 0.3) is 0 Å². The Kier molecular flexibility index (Phi) is 5.11. The molecule has 1 aliphatic rings. The monoisotopic (exact) mass is 281 g/mol. The van der Waals surface area contributed by atoms with Gasteiger partial charge in [-0.2, -0.15) is 0 Å². The van der Waals surface area contributed by atoms with Crippen molar-refractivity contribution in [1.82, 2.24) is 5.32 Å². The first-order valence-electron chi connectivity index (χ1n) is 6.69. The third-order valence-corrected chi connectivity index (χ3v) is 3.29. The highest BCUT2D eigenvalue weighted by Gasteiger charge is 2.25. The topological polar surface area (TPSA) is 30.5 Å². The second kappa shape index (κ2) is 6.83. The van der Waals surface area contributed by atoms with Crippen molar-refractivity contribution in [1.29, 1.82) is 0 Å². The van der Waals surface area contributed by atoms with E-state index in [1.807, 2.05) is 31.2 Å². The number of likely N-dealkylation sites (N-methyl/N-ethyl adjacent to an activating group) is 1. The third-order valence-electron chi connectivity index (χ3n) is 3.05. The number of nitrogens with one attached hydrogen (secondary N) is 1. The summed E-state index contributed by atoms with van der Waals surface area (Å²) in [6, 6.07) is 7.54. The fraction of sp³-hybridized carbons (Fsp3) is 0.467. The molecule has 0 aliphatic carbocycles. The molecular weight excluding hydrogens is 262 g/mol. The van der Waals surface area contributed by atoms with E-state index in [1.54, 1.807) is 0 Å². The Balaban J connectivity index is 2.04. The van der Waals surface area contributed by atoms with E-state index in [0.29, 0.717) is 5.02 Å². The van der Waals surface area contributed by atoms with Crippen molar-refractivity contribution in [2.45, 2.75) is 32.4 Å². The summed E-state index contributed by atoms with van der Waals surface area (Å²) in [5.41, 5.74) is 0. The molecule has 1 N–H and O–H groups in total. The molecule has 0 saturated carbocycles. The van der Waals surface area contributed by atoms with Gasteiger partial charge in [0.2, 0.25) is 0 Å².